The van der Waals surface area contributed by atoms with Crippen molar-refractivity contribution in [3.8, 4) is 28.8 Å². The Balaban J connectivity index is 1.22. The molecule has 0 spiro atoms. The van der Waals surface area contributed by atoms with Crippen molar-refractivity contribution >= 4 is 5.91 Å². The van der Waals surface area contributed by atoms with Crippen LogP contribution in [0.4, 0.5) is 0 Å². The first-order valence-corrected chi connectivity index (χ1v) is 9.44. The van der Waals surface area contributed by atoms with Gasteiger partial charge in [-0.25, -0.2) is 9.97 Å². The van der Waals surface area contributed by atoms with Crippen molar-refractivity contribution in [1.82, 2.24) is 25.1 Å². The Bertz CT molecular complexity index is 1010. The molecule has 2 aliphatic rings. The van der Waals surface area contributed by atoms with Crippen LogP contribution in [0.25, 0.3) is 11.3 Å². The van der Waals surface area contributed by atoms with Crippen molar-refractivity contribution in [1.29, 1.82) is 0 Å². The Morgan fingerprint density at radius 1 is 1.10 bits per heavy atom. The summed E-state index contributed by atoms with van der Waals surface area (Å²) in [6.45, 7) is 1.43. The molecule has 0 saturated carbocycles. The zero-order valence-corrected chi connectivity index (χ0v) is 15.6. The average molecular weight is 393 g/mol. The van der Waals surface area contributed by atoms with Crippen LogP contribution in [0.2, 0.25) is 0 Å². The molecule has 0 aliphatic carbocycles. The number of rotatable bonds is 4. The zero-order chi connectivity index (χ0) is 19.6. The summed E-state index contributed by atoms with van der Waals surface area (Å²) < 4.78 is 16.5. The van der Waals surface area contributed by atoms with Crippen molar-refractivity contribution < 1.29 is 19.0 Å². The molecule has 9 nitrogen and oxygen atoms in total. The van der Waals surface area contributed by atoms with Crippen LogP contribution in [0, 0.1) is 0 Å². The molecule has 0 atom stereocenters. The van der Waals surface area contributed by atoms with Gasteiger partial charge >= 0.3 is 6.01 Å². The van der Waals surface area contributed by atoms with Crippen molar-refractivity contribution in [2.75, 3.05) is 19.9 Å². The number of nitrogens with one attached hydrogen (secondary N) is 1. The van der Waals surface area contributed by atoms with Crippen molar-refractivity contribution in [3.05, 3.63) is 48.4 Å². The first-order valence-electron chi connectivity index (χ1n) is 9.44. The van der Waals surface area contributed by atoms with Gasteiger partial charge in [0, 0.05) is 43.9 Å². The summed E-state index contributed by atoms with van der Waals surface area (Å²) in [6, 6.07) is 9.48. The van der Waals surface area contributed by atoms with Crippen LogP contribution in [0.3, 0.4) is 0 Å². The molecule has 148 valence electrons. The van der Waals surface area contributed by atoms with Crippen LogP contribution in [-0.4, -0.2) is 57.0 Å². The Morgan fingerprint density at radius 2 is 1.90 bits per heavy atom. The number of H-pyrrole nitrogens is 1. The Kier molecular flexibility index (Phi) is 4.47. The van der Waals surface area contributed by atoms with Crippen molar-refractivity contribution in [2.45, 2.75) is 18.9 Å². The van der Waals surface area contributed by atoms with Crippen LogP contribution in [0.5, 0.6) is 17.5 Å². The summed E-state index contributed by atoms with van der Waals surface area (Å²) in [4.78, 5) is 22.8. The molecule has 2 aliphatic heterocycles. The predicted octanol–water partition coefficient (Wildman–Crippen LogP) is 2.28. The van der Waals surface area contributed by atoms with Crippen LogP contribution in [0.15, 0.2) is 42.7 Å². The van der Waals surface area contributed by atoms with Gasteiger partial charge in [-0.2, -0.15) is 5.10 Å². The second-order valence-corrected chi connectivity index (χ2v) is 6.88. The number of carbonyl (C=O) groups excluding carboxylic acids is 1. The lowest BCUT2D eigenvalue weighted by Gasteiger charge is -2.31. The number of nitrogens with zero attached hydrogens (tertiary/aromatic N) is 4. The van der Waals surface area contributed by atoms with Gasteiger partial charge in [0.15, 0.2) is 11.5 Å². The average Bonchev–Trinajstić information content (AvgIpc) is 3.44. The number of ether oxygens (including phenoxy) is 3. The second-order valence-electron chi connectivity index (χ2n) is 6.88. The molecule has 0 radical (unpaired) electrons. The first-order chi connectivity index (χ1) is 14.3. The van der Waals surface area contributed by atoms with Gasteiger partial charge in [-0.05, 0) is 30.3 Å². The largest absolute Gasteiger partial charge is 0.460 e. The van der Waals surface area contributed by atoms with Gasteiger partial charge in [0.05, 0.1) is 5.69 Å². The van der Waals surface area contributed by atoms with E-state index in [1.54, 1.807) is 24.5 Å². The molecule has 2 aromatic heterocycles. The quantitative estimate of drug-likeness (QED) is 0.725. The number of hydrogen-bond acceptors (Lipinski definition) is 7. The molecule has 5 rings (SSSR count). The van der Waals surface area contributed by atoms with Gasteiger partial charge in [0.2, 0.25) is 6.79 Å². The van der Waals surface area contributed by atoms with Crippen LogP contribution >= 0.6 is 0 Å². The maximum atomic E-state index is 12.8. The smallest absolute Gasteiger partial charge is 0.316 e. The topological polar surface area (TPSA) is 102 Å². The molecule has 29 heavy (non-hydrogen) atoms. The number of likely N-dealkylation sites (tertiary alicyclic amines) is 1. The van der Waals surface area contributed by atoms with E-state index in [0.717, 1.165) is 18.4 Å². The van der Waals surface area contributed by atoms with E-state index in [1.807, 2.05) is 23.1 Å². The van der Waals surface area contributed by atoms with Crippen LogP contribution < -0.4 is 14.2 Å². The molecule has 1 aromatic carbocycles. The van der Waals surface area contributed by atoms with Gasteiger partial charge in [0.1, 0.15) is 11.8 Å². The lowest BCUT2D eigenvalue weighted by molar-refractivity contribution is 0.0573. The highest BCUT2D eigenvalue weighted by atomic mass is 16.7. The lowest BCUT2D eigenvalue weighted by atomic mass is 10.1. The number of hydrogen-bond donors (Lipinski definition) is 1. The lowest BCUT2D eigenvalue weighted by Crippen LogP contribution is -2.42. The normalized spacial score (nSPS) is 16.1. The van der Waals surface area contributed by atoms with E-state index >= 15 is 0 Å². The number of fused-ring (bicyclic) bond motifs is 1. The van der Waals surface area contributed by atoms with E-state index in [4.69, 9.17) is 14.2 Å². The summed E-state index contributed by atoms with van der Waals surface area (Å²) in [5.41, 5.74) is 2.01. The molecular weight excluding hydrogens is 374 g/mol. The number of piperidine rings is 1. The minimum Gasteiger partial charge on any atom is -0.460 e. The highest BCUT2D eigenvalue weighted by molar-refractivity contribution is 5.93. The van der Waals surface area contributed by atoms with Gasteiger partial charge in [-0.1, -0.05) is 0 Å². The Labute approximate surface area is 166 Å². The summed E-state index contributed by atoms with van der Waals surface area (Å²) >= 11 is 0. The van der Waals surface area contributed by atoms with Crippen molar-refractivity contribution in [2.24, 2.45) is 0 Å². The number of aromatic nitrogens is 4. The monoisotopic (exact) mass is 393 g/mol. The number of aromatic amines is 1. The molecule has 1 amide bonds. The zero-order valence-electron chi connectivity index (χ0n) is 15.6. The standard InChI is InChI=1S/C20H19N5O4/c26-19(25-8-4-14(5-9-25)29-20-21-6-1-7-22-20)16-11-15(23-24-16)13-2-3-17-18(10-13)28-12-27-17/h1-3,6-7,10-11,14H,4-5,8-9,12H2,(H,23,24). The van der Waals surface area contributed by atoms with Gasteiger partial charge < -0.3 is 19.1 Å². The Morgan fingerprint density at radius 3 is 2.72 bits per heavy atom. The maximum absolute atomic E-state index is 12.8. The fourth-order valence-corrected chi connectivity index (χ4v) is 3.48. The molecule has 4 heterocycles. The van der Waals surface area contributed by atoms with E-state index in [1.165, 1.54) is 0 Å². The molecule has 9 heteroatoms. The third kappa shape index (κ3) is 3.58. The molecule has 1 fully saturated rings. The minimum atomic E-state index is -0.0705. The third-order valence-corrected chi connectivity index (χ3v) is 5.02. The third-order valence-electron chi connectivity index (χ3n) is 5.02. The summed E-state index contributed by atoms with van der Waals surface area (Å²) in [6.07, 6.45) is 4.77. The highest BCUT2D eigenvalue weighted by Gasteiger charge is 2.26. The van der Waals surface area contributed by atoms with E-state index in [0.29, 0.717) is 42.0 Å². The van der Waals surface area contributed by atoms with E-state index < -0.39 is 0 Å². The number of carbonyl (C=O) groups is 1. The van der Waals surface area contributed by atoms with E-state index in [2.05, 4.69) is 20.2 Å². The molecular formula is C20H19N5O4. The first kappa shape index (κ1) is 17.5. The van der Waals surface area contributed by atoms with Gasteiger partial charge in [-0.15, -0.1) is 0 Å². The second kappa shape index (κ2) is 7.42. The summed E-state index contributed by atoms with van der Waals surface area (Å²) in [5.74, 6) is 1.33. The van der Waals surface area contributed by atoms with Crippen molar-refractivity contribution in [3.63, 3.8) is 0 Å². The van der Waals surface area contributed by atoms with Gasteiger partial charge in [-0.3, -0.25) is 9.89 Å². The fourth-order valence-electron chi connectivity index (χ4n) is 3.48. The van der Waals surface area contributed by atoms with Crippen LogP contribution in [0.1, 0.15) is 23.3 Å². The number of benzene rings is 1. The minimum absolute atomic E-state index is 0.00686. The predicted molar refractivity (Wildman–Crippen MR) is 102 cm³/mol. The fraction of sp³-hybridized carbons (Fsp3) is 0.300. The SMILES string of the molecule is O=C(c1cc(-c2ccc3c(c2)OCO3)n[nH]1)N1CCC(Oc2ncccn2)CC1. The number of amides is 1. The Hall–Kier alpha value is -3.62. The van der Waals surface area contributed by atoms with E-state index in [-0.39, 0.29) is 18.8 Å². The summed E-state index contributed by atoms with van der Waals surface area (Å²) in [7, 11) is 0. The van der Waals surface area contributed by atoms with Crippen LogP contribution in [-0.2, 0) is 0 Å². The highest BCUT2D eigenvalue weighted by Crippen LogP contribution is 2.35. The molecule has 1 saturated heterocycles. The molecule has 1 N–H and O–H groups in total. The summed E-state index contributed by atoms with van der Waals surface area (Å²) in [5, 5.41) is 7.14. The molecule has 3 aromatic rings. The molecule has 0 unspecified atom stereocenters. The maximum Gasteiger partial charge on any atom is 0.316 e. The molecule has 0 bridgehead atoms. The van der Waals surface area contributed by atoms with Gasteiger partial charge in [0.25, 0.3) is 5.91 Å². The van der Waals surface area contributed by atoms with E-state index in [9.17, 15) is 4.79 Å².